The van der Waals surface area contributed by atoms with Crippen molar-refractivity contribution >= 4 is 76.8 Å². The number of carbonyl (C=O) groups excluding carboxylic acids is 6. The molecule has 20 heteroatoms. The first-order valence-electron chi connectivity index (χ1n) is 25.8. The molecule has 3 aliphatic heterocycles. The second-order valence-electron chi connectivity index (χ2n) is 19.3. The molecule has 0 fully saturated rings. The molecule has 0 saturated carbocycles. The van der Waals surface area contributed by atoms with Gasteiger partial charge in [0.05, 0.1) is 49.4 Å². The molecule has 408 valence electrons. The van der Waals surface area contributed by atoms with Crippen molar-refractivity contribution in [3.05, 3.63) is 124 Å². The maximum atomic E-state index is 14.2. The Morgan fingerprint density at radius 2 is 1.38 bits per heavy atom. The predicted molar refractivity (Wildman–Crippen MR) is 296 cm³/mol. The molecule has 0 aliphatic carbocycles. The Labute approximate surface area is 452 Å². The van der Waals surface area contributed by atoms with Gasteiger partial charge in [-0.3, -0.25) is 43.7 Å². The van der Waals surface area contributed by atoms with Crippen LogP contribution >= 0.6 is 0 Å². The number of methoxy groups -OCH3 is 2. The molecule has 3 heterocycles. The van der Waals surface area contributed by atoms with E-state index in [-0.39, 0.29) is 78.8 Å². The van der Waals surface area contributed by atoms with E-state index >= 15 is 0 Å². The largest absolute Gasteiger partial charge is 0.493 e. The molecule has 4 atom stereocenters. The maximum absolute atomic E-state index is 14.2. The number of nitrogens with two attached hydrogens (primary N) is 1. The first-order chi connectivity index (χ1) is 37.7. The zero-order chi connectivity index (χ0) is 55.5. The van der Waals surface area contributed by atoms with Crippen molar-refractivity contribution in [2.75, 3.05) is 42.5 Å². The van der Waals surface area contributed by atoms with E-state index in [0.29, 0.717) is 90.5 Å². The fourth-order valence-electron chi connectivity index (χ4n) is 9.72. The van der Waals surface area contributed by atoms with Crippen LogP contribution in [0.1, 0.15) is 95.8 Å². The molecule has 78 heavy (non-hydrogen) atoms. The molecule has 8 rings (SSSR count). The molecule has 5 aromatic carbocycles. The van der Waals surface area contributed by atoms with Crippen molar-refractivity contribution in [3.63, 3.8) is 0 Å². The third kappa shape index (κ3) is 13.0. The first kappa shape index (κ1) is 55.6. The van der Waals surface area contributed by atoms with Crippen LogP contribution < -0.4 is 55.9 Å². The number of rotatable bonds is 24. The molecule has 3 aliphatic rings. The van der Waals surface area contributed by atoms with Crippen molar-refractivity contribution in [2.45, 2.75) is 103 Å². The Hall–Kier alpha value is -8.62. The number of unbranched alkanes of at least 4 members (excludes halogenated alkanes) is 1. The average molecular weight is 1060 g/mol. The number of ether oxygens (including phenoxy) is 4. The molecule has 0 bridgehead atoms. The Morgan fingerprint density at radius 3 is 2.06 bits per heavy atom. The number of benzene rings is 5. The summed E-state index contributed by atoms with van der Waals surface area (Å²) in [5, 5.41) is 11.0. The van der Waals surface area contributed by atoms with Crippen LogP contribution in [0.3, 0.4) is 0 Å². The number of hydrogen-bond acceptors (Lipinski definition) is 14. The van der Waals surface area contributed by atoms with Gasteiger partial charge in [-0.1, -0.05) is 36.4 Å². The number of hydrogen-bond donors (Lipinski definition) is 5. The number of carbonyl (C=O) groups is 6. The van der Waals surface area contributed by atoms with Crippen LogP contribution in [0.4, 0.5) is 28.4 Å². The molecular formula is C58H65N9O11. The van der Waals surface area contributed by atoms with E-state index in [1.807, 2.05) is 61.5 Å². The second-order valence-corrected chi connectivity index (χ2v) is 19.3. The second kappa shape index (κ2) is 25.5. The van der Waals surface area contributed by atoms with E-state index in [4.69, 9.17) is 29.8 Å². The van der Waals surface area contributed by atoms with Crippen molar-refractivity contribution < 1.29 is 52.6 Å². The normalized spacial score (nSPS) is 15.6. The summed E-state index contributed by atoms with van der Waals surface area (Å²) in [7, 11) is 2.96. The Morgan fingerprint density at radius 1 is 0.756 bits per heavy atom. The molecule has 0 saturated heterocycles. The van der Waals surface area contributed by atoms with Gasteiger partial charge >= 0.3 is 0 Å². The van der Waals surface area contributed by atoms with Crippen molar-refractivity contribution in [1.29, 1.82) is 0 Å². The maximum Gasteiger partial charge on any atom is 0.261 e. The smallest absolute Gasteiger partial charge is 0.261 e. The highest BCUT2D eigenvalue weighted by atomic mass is 16.6. The minimum Gasteiger partial charge on any atom is -0.493 e. The SMILES string of the molecule is C=Nc1cc(OCc2cc(COc3cc4c(cc3OC)C(=O)N3c5ccccc5C[C@H]3C=N4)cc(NC(=O)[C@H](C)NC(=O)[C@H](C)NC(=O)CCCCC(=O)NCCCON)c2)c(OC)cc1C(=O)N1c2ccccc2C[C@H]1C. The zero-order valence-corrected chi connectivity index (χ0v) is 44.4. The highest BCUT2D eigenvalue weighted by Gasteiger charge is 2.37. The fraction of sp³-hybridized carbons (Fsp3) is 0.345. The lowest BCUT2D eigenvalue weighted by Crippen LogP contribution is -2.50. The summed E-state index contributed by atoms with van der Waals surface area (Å²) in [6.07, 6.45) is 4.97. The molecule has 5 aromatic rings. The molecule has 6 N–H and O–H groups in total. The van der Waals surface area contributed by atoms with Crippen LogP contribution in [-0.2, 0) is 50.1 Å². The van der Waals surface area contributed by atoms with Crippen LogP contribution in [0.5, 0.6) is 23.0 Å². The number of nitrogens with one attached hydrogen (secondary N) is 4. The summed E-state index contributed by atoms with van der Waals surface area (Å²) in [5.74, 6) is 4.06. The highest BCUT2D eigenvalue weighted by Crippen LogP contribution is 2.42. The van der Waals surface area contributed by atoms with Gasteiger partial charge in [-0.15, -0.1) is 0 Å². The topological polar surface area (TPSA) is 254 Å². The van der Waals surface area contributed by atoms with Gasteiger partial charge in [0.2, 0.25) is 23.6 Å². The third-order valence-electron chi connectivity index (χ3n) is 13.7. The standard InChI is InChI=1S/C58H65N9O11/c1-34-22-39-14-7-9-16-47(39)66(34)57(72)43-27-49(74-5)51(29-45(43)60-4)76-32-37-23-38(33-77-52-30-46-44(28-50(52)75-6)58(73)67-42(31-62-46)26-40-15-8-10-17-48(40)67)25-41(24-37)65-56(71)36(3)64-55(70)35(2)63-54(69)19-12-11-18-53(68)61-20-13-21-78-59/h7-10,14-17,23-25,27-31,34-36,42H,4,11-13,18-22,26,32-33,59H2,1-3,5-6H3,(H,61,68)(H,63,69)(H,64,70)(H,65,71)/t34-,35+,36+,42+/m1/s1. The summed E-state index contributed by atoms with van der Waals surface area (Å²) in [5.41, 5.74) is 6.67. The van der Waals surface area contributed by atoms with E-state index in [9.17, 15) is 28.8 Å². The number of aliphatic imine (C=N–C) groups is 2. The number of para-hydroxylation sites is 2. The van der Waals surface area contributed by atoms with Crippen LogP contribution in [0.2, 0.25) is 0 Å². The van der Waals surface area contributed by atoms with Crippen LogP contribution in [0.25, 0.3) is 0 Å². The number of fused-ring (bicyclic) bond motifs is 5. The lowest BCUT2D eigenvalue weighted by molar-refractivity contribution is -0.130. The van der Waals surface area contributed by atoms with E-state index < -0.39 is 23.9 Å². The molecule has 0 spiro atoms. The monoisotopic (exact) mass is 1060 g/mol. The molecule has 6 amide bonds. The predicted octanol–water partition coefficient (Wildman–Crippen LogP) is 6.98. The summed E-state index contributed by atoms with van der Waals surface area (Å²) < 4.78 is 24.3. The van der Waals surface area contributed by atoms with E-state index in [1.54, 1.807) is 52.4 Å². The molecular weight excluding hydrogens is 999 g/mol. The van der Waals surface area contributed by atoms with Gasteiger partial charge in [0.25, 0.3) is 11.8 Å². The van der Waals surface area contributed by atoms with Gasteiger partial charge in [-0.25, -0.2) is 5.90 Å². The molecule has 0 aromatic heterocycles. The highest BCUT2D eigenvalue weighted by molar-refractivity contribution is 6.15. The van der Waals surface area contributed by atoms with Crippen molar-refractivity contribution in [2.24, 2.45) is 15.9 Å². The zero-order valence-electron chi connectivity index (χ0n) is 44.4. The van der Waals surface area contributed by atoms with Crippen LogP contribution in [-0.4, -0.2) is 99.9 Å². The van der Waals surface area contributed by atoms with Crippen molar-refractivity contribution in [3.8, 4) is 23.0 Å². The first-order valence-corrected chi connectivity index (χ1v) is 25.8. The van der Waals surface area contributed by atoms with Crippen molar-refractivity contribution in [1.82, 2.24) is 16.0 Å². The van der Waals surface area contributed by atoms with E-state index in [0.717, 1.165) is 22.5 Å². The molecule has 0 unspecified atom stereocenters. The van der Waals surface area contributed by atoms with Gasteiger partial charge in [-0.05, 0) is 118 Å². The van der Waals surface area contributed by atoms with E-state index in [1.165, 1.54) is 28.1 Å². The van der Waals surface area contributed by atoms with Gasteiger partial charge in [-0.2, -0.15) is 0 Å². The number of anilines is 3. The van der Waals surface area contributed by atoms with Crippen LogP contribution in [0.15, 0.2) is 101 Å². The van der Waals surface area contributed by atoms with Crippen LogP contribution in [0, 0.1) is 0 Å². The molecule has 0 radical (unpaired) electrons. The number of amides is 6. The Kier molecular flexibility index (Phi) is 18.2. The van der Waals surface area contributed by atoms with Gasteiger partial charge in [0.1, 0.15) is 25.3 Å². The quantitative estimate of drug-likeness (QED) is 0.0239. The third-order valence-corrected chi connectivity index (χ3v) is 13.7. The summed E-state index contributed by atoms with van der Waals surface area (Å²) in [6, 6.07) is 24.9. The minimum absolute atomic E-state index is 0.0455. The Bertz CT molecular complexity index is 3130. The van der Waals surface area contributed by atoms with Gasteiger partial charge in [0.15, 0.2) is 23.0 Å². The summed E-state index contributed by atoms with van der Waals surface area (Å²) in [6.45, 7) is 9.44. The lowest BCUT2D eigenvalue weighted by Gasteiger charge is -2.24. The number of nitrogens with zero attached hydrogens (tertiary/aromatic N) is 4. The van der Waals surface area contributed by atoms with Gasteiger partial charge < -0.3 is 50.0 Å². The van der Waals surface area contributed by atoms with E-state index in [2.05, 4.69) is 37.8 Å². The van der Waals surface area contributed by atoms with Gasteiger partial charge in [0, 0.05) is 67.3 Å². The molecule has 20 nitrogen and oxygen atoms in total. The Balaban J connectivity index is 0.977. The average Bonchev–Trinajstić information content (AvgIpc) is 4.12. The fourth-order valence-corrected chi connectivity index (χ4v) is 9.72. The summed E-state index contributed by atoms with van der Waals surface area (Å²) in [4.78, 5) is 97.0. The minimum atomic E-state index is -1.05. The lowest BCUT2D eigenvalue weighted by atomic mass is 10.1. The summed E-state index contributed by atoms with van der Waals surface area (Å²) >= 11 is 0.